The van der Waals surface area contributed by atoms with E-state index in [9.17, 15) is 0 Å². The molecule has 0 radical (unpaired) electrons. The molecule has 1 saturated heterocycles. The smallest absolute Gasteiger partial charge is 0.201 e. The van der Waals surface area contributed by atoms with Crippen molar-refractivity contribution in [1.82, 2.24) is 9.96 Å². The Morgan fingerprint density at radius 1 is 1.30 bits per heavy atom. The normalized spacial score (nSPS) is 23.4. The molecule has 0 amide bonds. The van der Waals surface area contributed by atoms with Crippen LogP contribution in [0.3, 0.4) is 0 Å². The van der Waals surface area contributed by atoms with Crippen LogP contribution in [0.15, 0.2) is 0 Å². The van der Waals surface area contributed by atoms with E-state index in [1.807, 2.05) is 0 Å². The van der Waals surface area contributed by atoms with Crippen LogP contribution >= 0.6 is 0 Å². The minimum Gasteiger partial charge on any atom is -0.328 e. The SMILES string of the molecule is CCN[Si]1(NC)CCCC1. The summed E-state index contributed by atoms with van der Waals surface area (Å²) in [5.41, 5.74) is 0. The molecule has 0 aromatic rings. The average molecular weight is 158 g/mol. The first kappa shape index (κ1) is 8.24. The van der Waals surface area contributed by atoms with Crippen LogP contribution in [0, 0.1) is 0 Å². The fraction of sp³-hybridized carbons (Fsp3) is 1.00. The molecule has 0 saturated carbocycles. The highest BCUT2D eigenvalue weighted by molar-refractivity contribution is 6.75. The highest BCUT2D eigenvalue weighted by Crippen LogP contribution is 2.24. The third-order valence-corrected chi connectivity index (χ3v) is 6.85. The summed E-state index contributed by atoms with van der Waals surface area (Å²) in [5.74, 6) is 0. The van der Waals surface area contributed by atoms with Crippen LogP contribution < -0.4 is 9.96 Å². The van der Waals surface area contributed by atoms with Crippen molar-refractivity contribution in [2.75, 3.05) is 13.6 Å². The van der Waals surface area contributed by atoms with Crippen LogP contribution in [-0.2, 0) is 0 Å². The van der Waals surface area contributed by atoms with Gasteiger partial charge in [0.25, 0.3) is 0 Å². The van der Waals surface area contributed by atoms with Gasteiger partial charge in [0.2, 0.25) is 8.40 Å². The van der Waals surface area contributed by atoms with Gasteiger partial charge in [0.1, 0.15) is 0 Å². The third-order valence-electron chi connectivity index (χ3n) is 2.45. The molecule has 0 aromatic heterocycles. The molecule has 10 heavy (non-hydrogen) atoms. The standard InChI is InChI=1S/C7H18N2Si/c1-3-9-10(8-2)6-4-5-7-10/h8-9H,3-7H2,1-2H3. The largest absolute Gasteiger partial charge is 0.328 e. The van der Waals surface area contributed by atoms with Crippen molar-refractivity contribution >= 4 is 8.40 Å². The van der Waals surface area contributed by atoms with E-state index >= 15 is 0 Å². The van der Waals surface area contributed by atoms with Crippen molar-refractivity contribution in [1.29, 1.82) is 0 Å². The molecule has 0 spiro atoms. The summed E-state index contributed by atoms with van der Waals surface area (Å²) in [7, 11) is 1.01. The zero-order valence-corrected chi connectivity index (χ0v) is 8.04. The molecule has 0 unspecified atom stereocenters. The lowest BCUT2D eigenvalue weighted by molar-refractivity contribution is 0.893. The van der Waals surface area contributed by atoms with Crippen LogP contribution in [0.1, 0.15) is 19.8 Å². The van der Waals surface area contributed by atoms with E-state index in [1.54, 1.807) is 0 Å². The maximum atomic E-state index is 3.64. The maximum Gasteiger partial charge on any atom is 0.201 e. The molecule has 1 fully saturated rings. The van der Waals surface area contributed by atoms with E-state index < -0.39 is 8.40 Å². The third kappa shape index (κ3) is 1.59. The Morgan fingerprint density at radius 3 is 2.30 bits per heavy atom. The zero-order valence-electron chi connectivity index (χ0n) is 7.04. The van der Waals surface area contributed by atoms with Crippen molar-refractivity contribution in [2.45, 2.75) is 31.9 Å². The second-order valence-electron chi connectivity index (χ2n) is 3.07. The lowest BCUT2D eigenvalue weighted by Crippen LogP contribution is -2.58. The number of nitrogens with one attached hydrogen (secondary N) is 2. The van der Waals surface area contributed by atoms with E-state index in [2.05, 4.69) is 23.9 Å². The molecule has 0 aromatic carbocycles. The second kappa shape index (κ2) is 3.51. The van der Waals surface area contributed by atoms with Gasteiger partial charge in [0, 0.05) is 0 Å². The van der Waals surface area contributed by atoms with E-state index in [4.69, 9.17) is 0 Å². The number of hydrogen-bond acceptors (Lipinski definition) is 2. The molecule has 0 aliphatic carbocycles. The highest BCUT2D eigenvalue weighted by Gasteiger charge is 2.34. The van der Waals surface area contributed by atoms with Crippen molar-refractivity contribution in [2.24, 2.45) is 0 Å². The zero-order chi connectivity index (χ0) is 7.45. The molecule has 0 atom stereocenters. The van der Waals surface area contributed by atoms with Gasteiger partial charge in [-0.05, 0) is 25.7 Å². The van der Waals surface area contributed by atoms with Crippen LogP contribution in [-0.4, -0.2) is 22.0 Å². The summed E-state index contributed by atoms with van der Waals surface area (Å²) in [5, 5.41) is 0. The molecule has 2 N–H and O–H groups in total. The van der Waals surface area contributed by atoms with Gasteiger partial charge in [-0.1, -0.05) is 19.8 Å². The summed E-state index contributed by atoms with van der Waals surface area (Å²) >= 11 is 0. The Bertz CT molecular complexity index is 99.8. The summed E-state index contributed by atoms with van der Waals surface area (Å²) in [4.78, 5) is 7.14. The molecule has 2 nitrogen and oxygen atoms in total. The quantitative estimate of drug-likeness (QED) is 0.600. The predicted octanol–water partition coefficient (Wildman–Crippen LogP) is 1.05. The Morgan fingerprint density at radius 2 is 1.90 bits per heavy atom. The summed E-state index contributed by atoms with van der Waals surface area (Å²) in [6, 6.07) is 2.86. The molecular formula is C7H18N2Si. The number of hydrogen-bond donors (Lipinski definition) is 2. The van der Waals surface area contributed by atoms with Crippen molar-refractivity contribution < 1.29 is 0 Å². The minimum absolute atomic E-state index is 1.11. The van der Waals surface area contributed by atoms with Crippen LogP contribution in [0.4, 0.5) is 0 Å². The molecule has 1 aliphatic heterocycles. The second-order valence-corrected chi connectivity index (χ2v) is 7.09. The van der Waals surface area contributed by atoms with E-state index in [1.165, 1.54) is 24.9 Å². The summed E-state index contributed by atoms with van der Waals surface area (Å²) in [6.45, 7) is 3.33. The molecule has 1 aliphatic rings. The van der Waals surface area contributed by atoms with E-state index in [0.29, 0.717) is 0 Å². The van der Waals surface area contributed by atoms with Gasteiger partial charge in [-0.2, -0.15) is 0 Å². The Labute approximate surface area is 64.6 Å². The first-order valence-electron chi connectivity index (χ1n) is 4.27. The van der Waals surface area contributed by atoms with Gasteiger partial charge in [-0.25, -0.2) is 0 Å². The van der Waals surface area contributed by atoms with Crippen LogP contribution in [0.2, 0.25) is 12.1 Å². The van der Waals surface area contributed by atoms with Gasteiger partial charge in [0.15, 0.2) is 0 Å². The van der Waals surface area contributed by atoms with Gasteiger partial charge in [-0.3, -0.25) is 0 Å². The first-order chi connectivity index (χ1) is 4.83. The van der Waals surface area contributed by atoms with Crippen molar-refractivity contribution in [3.8, 4) is 0 Å². The predicted molar refractivity (Wildman–Crippen MR) is 47.3 cm³/mol. The van der Waals surface area contributed by atoms with E-state index in [0.717, 1.165) is 6.54 Å². The van der Waals surface area contributed by atoms with Gasteiger partial charge < -0.3 is 9.96 Å². The van der Waals surface area contributed by atoms with Crippen molar-refractivity contribution in [3.63, 3.8) is 0 Å². The monoisotopic (exact) mass is 158 g/mol. The van der Waals surface area contributed by atoms with Crippen LogP contribution in [0.5, 0.6) is 0 Å². The van der Waals surface area contributed by atoms with Gasteiger partial charge in [-0.15, -0.1) is 0 Å². The molecule has 1 rings (SSSR count). The van der Waals surface area contributed by atoms with Gasteiger partial charge in [0.05, 0.1) is 0 Å². The van der Waals surface area contributed by atoms with Crippen molar-refractivity contribution in [3.05, 3.63) is 0 Å². The Kier molecular flexibility index (Phi) is 2.89. The maximum absolute atomic E-state index is 3.64. The molecular weight excluding hydrogens is 140 g/mol. The highest BCUT2D eigenvalue weighted by atomic mass is 28.3. The fourth-order valence-corrected chi connectivity index (χ4v) is 5.50. The minimum atomic E-state index is -1.11. The lowest BCUT2D eigenvalue weighted by Gasteiger charge is -2.25. The fourth-order valence-electron chi connectivity index (χ4n) is 1.83. The first-order valence-corrected chi connectivity index (χ1v) is 6.68. The molecule has 1 heterocycles. The summed E-state index contributed by atoms with van der Waals surface area (Å²) < 4.78 is 0. The lowest BCUT2D eigenvalue weighted by atomic mass is 10.4. The Hall–Kier alpha value is 0.137. The van der Waals surface area contributed by atoms with Crippen LogP contribution in [0.25, 0.3) is 0 Å². The van der Waals surface area contributed by atoms with Gasteiger partial charge >= 0.3 is 0 Å². The topological polar surface area (TPSA) is 24.1 Å². The van der Waals surface area contributed by atoms with E-state index in [-0.39, 0.29) is 0 Å². The Balaban J connectivity index is 2.41. The summed E-state index contributed by atoms with van der Waals surface area (Å²) in [6.07, 6.45) is 2.86. The average Bonchev–Trinajstić information content (AvgIpc) is 2.39. The molecule has 60 valence electrons. The molecule has 0 bridgehead atoms. The molecule has 3 heteroatoms. The number of rotatable bonds is 3.